The SMILES string of the molecule is CCCCCCCC(N)c1csnn1. The lowest BCUT2D eigenvalue weighted by Gasteiger charge is -2.07. The van der Waals surface area contributed by atoms with Crippen molar-refractivity contribution in [3.05, 3.63) is 11.1 Å². The lowest BCUT2D eigenvalue weighted by molar-refractivity contribution is 0.547. The van der Waals surface area contributed by atoms with E-state index in [0.29, 0.717) is 0 Å². The summed E-state index contributed by atoms with van der Waals surface area (Å²) in [5, 5.41) is 5.92. The number of hydrogen-bond donors (Lipinski definition) is 1. The van der Waals surface area contributed by atoms with Gasteiger partial charge in [-0.1, -0.05) is 43.5 Å². The van der Waals surface area contributed by atoms with Gasteiger partial charge in [0.2, 0.25) is 0 Å². The van der Waals surface area contributed by atoms with Crippen LogP contribution in [0.3, 0.4) is 0 Å². The third-order valence-corrected chi connectivity index (χ3v) is 2.90. The average Bonchev–Trinajstić information content (AvgIpc) is 2.70. The fourth-order valence-electron chi connectivity index (χ4n) is 1.45. The van der Waals surface area contributed by atoms with Crippen molar-refractivity contribution in [2.24, 2.45) is 5.73 Å². The first kappa shape index (κ1) is 11.6. The molecule has 1 heterocycles. The zero-order valence-corrected chi connectivity index (χ0v) is 9.59. The van der Waals surface area contributed by atoms with E-state index < -0.39 is 0 Å². The summed E-state index contributed by atoms with van der Waals surface area (Å²) in [6, 6.07) is 0.0929. The Morgan fingerprint density at radius 1 is 1.36 bits per heavy atom. The van der Waals surface area contributed by atoms with Crippen LogP contribution in [0.5, 0.6) is 0 Å². The van der Waals surface area contributed by atoms with E-state index >= 15 is 0 Å². The molecule has 0 saturated carbocycles. The van der Waals surface area contributed by atoms with Crippen LogP contribution in [0, 0.1) is 0 Å². The topological polar surface area (TPSA) is 51.8 Å². The maximum absolute atomic E-state index is 5.96. The highest BCUT2D eigenvalue weighted by Gasteiger charge is 2.07. The van der Waals surface area contributed by atoms with Gasteiger partial charge in [0.15, 0.2) is 0 Å². The molecule has 3 nitrogen and oxygen atoms in total. The number of rotatable bonds is 7. The van der Waals surface area contributed by atoms with Gasteiger partial charge in [0.25, 0.3) is 0 Å². The van der Waals surface area contributed by atoms with Gasteiger partial charge in [0.1, 0.15) is 0 Å². The minimum absolute atomic E-state index is 0.0929. The van der Waals surface area contributed by atoms with E-state index in [1.165, 1.54) is 43.6 Å². The molecule has 1 rings (SSSR count). The van der Waals surface area contributed by atoms with Crippen LogP contribution >= 0.6 is 11.5 Å². The number of nitrogens with two attached hydrogens (primary N) is 1. The number of nitrogens with zero attached hydrogens (tertiary/aromatic N) is 2. The number of unbranched alkanes of at least 4 members (excludes halogenated alkanes) is 4. The molecule has 0 saturated heterocycles. The predicted molar refractivity (Wildman–Crippen MR) is 60.2 cm³/mol. The molecule has 0 bridgehead atoms. The highest BCUT2D eigenvalue weighted by atomic mass is 32.1. The van der Waals surface area contributed by atoms with Crippen molar-refractivity contribution in [3.63, 3.8) is 0 Å². The van der Waals surface area contributed by atoms with Gasteiger partial charge < -0.3 is 5.73 Å². The van der Waals surface area contributed by atoms with E-state index in [1.54, 1.807) is 0 Å². The second-order valence-corrected chi connectivity index (χ2v) is 4.25. The molecule has 1 unspecified atom stereocenters. The summed E-state index contributed by atoms with van der Waals surface area (Å²) in [6.45, 7) is 2.23. The molecule has 0 aliphatic rings. The Hall–Kier alpha value is -0.480. The van der Waals surface area contributed by atoms with Gasteiger partial charge in [-0.25, -0.2) is 0 Å². The molecule has 0 spiro atoms. The van der Waals surface area contributed by atoms with Gasteiger partial charge in [0.05, 0.1) is 5.69 Å². The molecular weight excluding hydrogens is 194 g/mol. The van der Waals surface area contributed by atoms with Crippen molar-refractivity contribution in [2.75, 3.05) is 0 Å². The summed E-state index contributed by atoms with van der Waals surface area (Å²) in [5.41, 5.74) is 6.91. The highest BCUT2D eigenvalue weighted by Crippen LogP contribution is 2.16. The minimum Gasteiger partial charge on any atom is -0.323 e. The van der Waals surface area contributed by atoms with E-state index in [2.05, 4.69) is 16.5 Å². The zero-order chi connectivity index (χ0) is 10.2. The highest BCUT2D eigenvalue weighted by molar-refractivity contribution is 7.03. The van der Waals surface area contributed by atoms with Crippen molar-refractivity contribution in [2.45, 2.75) is 51.5 Å². The summed E-state index contributed by atoms with van der Waals surface area (Å²) < 4.78 is 3.81. The van der Waals surface area contributed by atoms with E-state index in [-0.39, 0.29) is 6.04 Å². The fourth-order valence-corrected chi connectivity index (χ4v) is 1.97. The van der Waals surface area contributed by atoms with Crippen molar-refractivity contribution < 1.29 is 0 Å². The average molecular weight is 213 g/mol. The first-order valence-electron chi connectivity index (χ1n) is 5.37. The molecule has 0 aliphatic carbocycles. The number of hydrogen-bond acceptors (Lipinski definition) is 4. The van der Waals surface area contributed by atoms with Crippen LogP contribution in [-0.4, -0.2) is 9.59 Å². The molecule has 1 aromatic rings. The Kier molecular flexibility index (Phi) is 5.71. The summed E-state index contributed by atoms with van der Waals surface area (Å²) in [5.74, 6) is 0. The van der Waals surface area contributed by atoms with Crippen molar-refractivity contribution in [1.82, 2.24) is 9.59 Å². The zero-order valence-electron chi connectivity index (χ0n) is 8.78. The van der Waals surface area contributed by atoms with E-state index in [1.807, 2.05) is 5.38 Å². The normalized spacial score (nSPS) is 13.0. The van der Waals surface area contributed by atoms with Gasteiger partial charge >= 0.3 is 0 Å². The lowest BCUT2D eigenvalue weighted by atomic mass is 10.1. The molecule has 0 amide bonds. The van der Waals surface area contributed by atoms with E-state index in [9.17, 15) is 0 Å². The van der Waals surface area contributed by atoms with Crippen molar-refractivity contribution >= 4 is 11.5 Å². The van der Waals surface area contributed by atoms with Gasteiger partial charge in [0, 0.05) is 11.4 Å². The van der Waals surface area contributed by atoms with Crippen LogP contribution < -0.4 is 5.73 Å². The second-order valence-electron chi connectivity index (χ2n) is 3.64. The monoisotopic (exact) mass is 213 g/mol. The van der Waals surface area contributed by atoms with Crippen molar-refractivity contribution in [1.29, 1.82) is 0 Å². The summed E-state index contributed by atoms with van der Waals surface area (Å²) >= 11 is 1.37. The van der Waals surface area contributed by atoms with Crippen LogP contribution in [0.4, 0.5) is 0 Å². The Balaban J connectivity index is 2.07. The standard InChI is InChI=1S/C10H19N3S/c1-2-3-4-5-6-7-9(11)10-8-14-13-12-10/h8-9H,2-7,11H2,1H3. The third-order valence-electron chi connectivity index (χ3n) is 2.38. The quantitative estimate of drug-likeness (QED) is 0.708. The van der Waals surface area contributed by atoms with Crippen molar-refractivity contribution in [3.8, 4) is 0 Å². The van der Waals surface area contributed by atoms with Crippen LogP contribution in [0.15, 0.2) is 5.38 Å². The van der Waals surface area contributed by atoms with Crippen LogP contribution in [0.2, 0.25) is 0 Å². The molecule has 0 aromatic carbocycles. The lowest BCUT2D eigenvalue weighted by Crippen LogP contribution is -2.10. The van der Waals surface area contributed by atoms with Crippen LogP contribution in [0.1, 0.15) is 57.2 Å². The first-order valence-corrected chi connectivity index (χ1v) is 6.20. The van der Waals surface area contributed by atoms with Crippen LogP contribution in [0.25, 0.3) is 0 Å². The fraction of sp³-hybridized carbons (Fsp3) is 0.800. The maximum atomic E-state index is 5.96. The molecule has 14 heavy (non-hydrogen) atoms. The molecule has 0 radical (unpaired) electrons. The Morgan fingerprint density at radius 2 is 2.14 bits per heavy atom. The third kappa shape index (κ3) is 4.15. The van der Waals surface area contributed by atoms with Gasteiger partial charge in [-0.15, -0.1) is 5.10 Å². The maximum Gasteiger partial charge on any atom is 0.0922 e. The Morgan fingerprint density at radius 3 is 2.79 bits per heavy atom. The molecule has 1 atom stereocenters. The predicted octanol–water partition coefficient (Wildman–Crippen LogP) is 2.90. The smallest absolute Gasteiger partial charge is 0.0922 e. The van der Waals surface area contributed by atoms with E-state index in [0.717, 1.165) is 12.1 Å². The number of aromatic nitrogens is 2. The largest absolute Gasteiger partial charge is 0.323 e. The van der Waals surface area contributed by atoms with E-state index in [4.69, 9.17) is 5.73 Å². The molecule has 80 valence electrons. The minimum atomic E-state index is 0.0929. The van der Waals surface area contributed by atoms with Gasteiger partial charge in [-0.3, -0.25) is 0 Å². The molecule has 2 N–H and O–H groups in total. The Labute approximate surface area is 89.9 Å². The summed E-state index contributed by atoms with van der Waals surface area (Å²) in [7, 11) is 0. The molecule has 1 aromatic heterocycles. The van der Waals surface area contributed by atoms with Crippen LogP contribution in [-0.2, 0) is 0 Å². The summed E-state index contributed by atoms with van der Waals surface area (Å²) in [6.07, 6.45) is 7.50. The Bertz CT molecular complexity index is 223. The summed E-state index contributed by atoms with van der Waals surface area (Å²) in [4.78, 5) is 0. The second kappa shape index (κ2) is 6.90. The molecule has 0 fully saturated rings. The molecule has 0 aliphatic heterocycles. The van der Waals surface area contributed by atoms with Gasteiger partial charge in [-0.2, -0.15) is 0 Å². The molecule has 4 heteroatoms. The first-order chi connectivity index (χ1) is 6.84. The molecular formula is C10H19N3S. The van der Waals surface area contributed by atoms with Gasteiger partial charge in [-0.05, 0) is 18.0 Å².